The van der Waals surface area contributed by atoms with Gasteiger partial charge in [0.1, 0.15) is 5.69 Å². The molecule has 0 atom stereocenters. The van der Waals surface area contributed by atoms with Crippen molar-refractivity contribution in [3.63, 3.8) is 0 Å². The van der Waals surface area contributed by atoms with Crippen LogP contribution in [0.2, 0.25) is 5.15 Å². The van der Waals surface area contributed by atoms with Crippen LogP contribution in [-0.2, 0) is 3.79 Å². The van der Waals surface area contributed by atoms with E-state index in [-0.39, 0.29) is 10.8 Å². The molecular formula is C5H2Cl4N2. The first-order valence-corrected chi connectivity index (χ1v) is 4.08. The summed E-state index contributed by atoms with van der Waals surface area (Å²) in [5.74, 6) is 0. The number of aromatic nitrogens is 2. The van der Waals surface area contributed by atoms with E-state index in [0.29, 0.717) is 0 Å². The van der Waals surface area contributed by atoms with E-state index in [1.54, 1.807) is 0 Å². The minimum Gasteiger partial charge on any atom is -0.150 e. The molecule has 0 radical (unpaired) electrons. The molecule has 0 aromatic carbocycles. The first-order chi connectivity index (χ1) is 5.00. The van der Waals surface area contributed by atoms with Crippen LogP contribution in [-0.4, -0.2) is 10.2 Å². The molecule has 0 saturated carbocycles. The Hall–Kier alpha value is 0.240. The number of alkyl halides is 3. The van der Waals surface area contributed by atoms with Gasteiger partial charge >= 0.3 is 0 Å². The van der Waals surface area contributed by atoms with Gasteiger partial charge in [0.2, 0.25) is 3.79 Å². The molecule has 6 heteroatoms. The van der Waals surface area contributed by atoms with Gasteiger partial charge in [-0.3, -0.25) is 0 Å². The molecule has 1 aromatic heterocycles. The molecular weight excluding hydrogens is 230 g/mol. The Labute approximate surface area is 83.4 Å². The van der Waals surface area contributed by atoms with Gasteiger partial charge in [-0.1, -0.05) is 46.4 Å². The van der Waals surface area contributed by atoms with Crippen molar-refractivity contribution in [1.29, 1.82) is 0 Å². The van der Waals surface area contributed by atoms with Gasteiger partial charge in [-0.25, -0.2) is 0 Å². The van der Waals surface area contributed by atoms with Crippen LogP contribution in [0.25, 0.3) is 0 Å². The molecule has 0 fully saturated rings. The van der Waals surface area contributed by atoms with Crippen LogP contribution in [0.15, 0.2) is 12.1 Å². The van der Waals surface area contributed by atoms with Crippen LogP contribution in [0.4, 0.5) is 0 Å². The van der Waals surface area contributed by atoms with E-state index < -0.39 is 3.79 Å². The Kier molecular flexibility index (Phi) is 2.81. The second kappa shape index (κ2) is 3.31. The largest absolute Gasteiger partial charge is 0.234 e. The topological polar surface area (TPSA) is 25.8 Å². The van der Waals surface area contributed by atoms with Crippen molar-refractivity contribution >= 4 is 46.4 Å². The van der Waals surface area contributed by atoms with E-state index in [4.69, 9.17) is 46.4 Å². The zero-order valence-corrected chi connectivity index (χ0v) is 8.08. The third kappa shape index (κ3) is 2.64. The smallest absolute Gasteiger partial charge is 0.150 e. The van der Waals surface area contributed by atoms with Gasteiger partial charge in [0.25, 0.3) is 0 Å². The highest BCUT2D eigenvalue weighted by molar-refractivity contribution is 6.66. The highest BCUT2D eigenvalue weighted by Crippen LogP contribution is 2.36. The molecule has 1 rings (SSSR count). The lowest BCUT2D eigenvalue weighted by molar-refractivity contribution is 0.937. The molecule has 0 aliphatic rings. The summed E-state index contributed by atoms with van der Waals surface area (Å²) in [6.45, 7) is 0. The summed E-state index contributed by atoms with van der Waals surface area (Å²) in [5.41, 5.74) is 0.256. The number of rotatable bonds is 0. The normalized spacial score (nSPS) is 11.6. The molecule has 1 aromatic rings. The maximum atomic E-state index is 5.50. The molecule has 0 unspecified atom stereocenters. The minimum atomic E-state index is -1.53. The summed E-state index contributed by atoms with van der Waals surface area (Å²) >= 11 is 21.9. The first-order valence-electron chi connectivity index (χ1n) is 2.56. The van der Waals surface area contributed by atoms with Crippen LogP contribution in [0.1, 0.15) is 5.69 Å². The van der Waals surface area contributed by atoms with Crippen LogP contribution >= 0.6 is 46.4 Å². The Balaban J connectivity index is 2.99. The van der Waals surface area contributed by atoms with Crippen molar-refractivity contribution in [3.8, 4) is 0 Å². The van der Waals surface area contributed by atoms with Crippen LogP contribution in [0.3, 0.4) is 0 Å². The van der Waals surface area contributed by atoms with E-state index in [9.17, 15) is 0 Å². The highest BCUT2D eigenvalue weighted by atomic mass is 35.6. The number of hydrogen-bond donors (Lipinski definition) is 0. The molecule has 0 spiro atoms. The second-order valence-electron chi connectivity index (χ2n) is 1.74. The SMILES string of the molecule is Clc1ccc(C(Cl)(Cl)Cl)nn1. The number of hydrogen-bond acceptors (Lipinski definition) is 2. The zero-order valence-electron chi connectivity index (χ0n) is 5.06. The maximum absolute atomic E-state index is 5.50. The fourth-order valence-electron chi connectivity index (χ4n) is 0.467. The zero-order chi connectivity index (χ0) is 8.48. The molecule has 11 heavy (non-hydrogen) atoms. The standard InChI is InChI=1S/C5H2Cl4N2/c6-4-2-1-3(10-11-4)5(7,8)9/h1-2H. The van der Waals surface area contributed by atoms with Crippen molar-refractivity contribution in [2.75, 3.05) is 0 Å². The lowest BCUT2D eigenvalue weighted by Gasteiger charge is -2.07. The highest BCUT2D eigenvalue weighted by Gasteiger charge is 2.24. The molecule has 0 N–H and O–H groups in total. The lowest BCUT2D eigenvalue weighted by atomic mass is 10.4. The molecule has 0 amide bonds. The fraction of sp³-hybridized carbons (Fsp3) is 0.200. The number of halogens is 4. The third-order valence-electron chi connectivity index (χ3n) is 0.922. The summed E-state index contributed by atoms with van der Waals surface area (Å²) in [4.78, 5) is 0. The van der Waals surface area contributed by atoms with Crippen molar-refractivity contribution in [2.45, 2.75) is 3.79 Å². The monoisotopic (exact) mass is 230 g/mol. The van der Waals surface area contributed by atoms with Gasteiger partial charge in [-0.05, 0) is 12.1 Å². The van der Waals surface area contributed by atoms with E-state index in [0.717, 1.165) is 0 Å². The molecule has 2 nitrogen and oxygen atoms in total. The van der Waals surface area contributed by atoms with Gasteiger partial charge in [0.15, 0.2) is 5.15 Å². The molecule has 0 bridgehead atoms. The minimum absolute atomic E-state index is 0.256. The van der Waals surface area contributed by atoms with Gasteiger partial charge in [0.05, 0.1) is 0 Å². The average Bonchev–Trinajstić information content (AvgIpc) is 1.86. The summed E-state index contributed by atoms with van der Waals surface area (Å²) < 4.78 is -1.53. The van der Waals surface area contributed by atoms with Gasteiger partial charge < -0.3 is 0 Å². The molecule has 0 saturated heterocycles. The molecule has 60 valence electrons. The van der Waals surface area contributed by atoms with Crippen LogP contribution in [0, 0.1) is 0 Å². The van der Waals surface area contributed by atoms with E-state index >= 15 is 0 Å². The van der Waals surface area contributed by atoms with Gasteiger partial charge in [0, 0.05) is 0 Å². The summed E-state index contributed by atoms with van der Waals surface area (Å²) in [7, 11) is 0. The molecule has 0 aliphatic carbocycles. The van der Waals surface area contributed by atoms with E-state index in [2.05, 4.69) is 10.2 Å². The quantitative estimate of drug-likeness (QED) is 0.642. The van der Waals surface area contributed by atoms with Crippen LogP contribution < -0.4 is 0 Å². The predicted octanol–water partition coefficient (Wildman–Crippen LogP) is 2.96. The van der Waals surface area contributed by atoms with E-state index in [1.165, 1.54) is 12.1 Å². The van der Waals surface area contributed by atoms with Crippen molar-refractivity contribution in [2.24, 2.45) is 0 Å². The number of nitrogens with zero attached hydrogens (tertiary/aromatic N) is 2. The van der Waals surface area contributed by atoms with Crippen molar-refractivity contribution in [1.82, 2.24) is 10.2 Å². The summed E-state index contributed by atoms with van der Waals surface area (Å²) in [6.07, 6.45) is 0. The van der Waals surface area contributed by atoms with Gasteiger partial charge in [-0.15, -0.1) is 10.2 Å². The lowest BCUT2D eigenvalue weighted by Crippen LogP contribution is -2.04. The average molecular weight is 232 g/mol. The fourth-order valence-corrected chi connectivity index (χ4v) is 0.870. The Morgan fingerprint density at radius 3 is 2.09 bits per heavy atom. The Bertz CT molecular complexity index is 240. The molecule has 0 aliphatic heterocycles. The van der Waals surface area contributed by atoms with Gasteiger partial charge in [-0.2, -0.15) is 0 Å². The Morgan fingerprint density at radius 1 is 1.09 bits per heavy atom. The van der Waals surface area contributed by atoms with Crippen molar-refractivity contribution in [3.05, 3.63) is 23.0 Å². The first kappa shape index (κ1) is 9.33. The van der Waals surface area contributed by atoms with Crippen LogP contribution in [0.5, 0.6) is 0 Å². The third-order valence-corrected chi connectivity index (χ3v) is 1.70. The predicted molar refractivity (Wildman–Crippen MR) is 46.3 cm³/mol. The second-order valence-corrected chi connectivity index (χ2v) is 4.41. The Morgan fingerprint density at radius 2 is 1.73 bits per heavy atom. The summed E-state index contributed by atoms with van der Waals surface area (Å²) in [5, 5.41) is 7.35. The maximum Gasteiger partial charge on any atom is 0.234 e. The summed E-state index contributed by atoms with van der Waals surface area (Å²) in [6, 6.07) is 3.01. The van der Waals surface area contributed by atoms with Crippen molar-refractivity contribution < 1.29 is 0 Å². The molecule has 1 heterocycles. The van der Waals surface area contributed by atoms with E-state index in [1.807, 2.05) is 0 Å².